The van der Waals surface area contributed by atoms with Crippen molar-refractivity contribution >= 4 is 21.6 Å². The molecule has 0 saturated carbocycles. The highest BCUT2D eigenvalue weighted by molar-refractivity contribution is 7.89. The maximum atomic E-state index is 12.7. The van der Waals surface area contributed by atoms with Crippen molar-refractivity contribution in [3.05, 3.63) is 22.7 Å². The number of benzene rings is 1. The number of nitrogens with zero attached hydrogens (tertiary/aromatic N) is 1. The van der Waals surface area contributed by atoms with Gasteiger partial charge >= 0.3 is 0 Å². The van der Waals surface area contributed by atoms with Crippen molar-refractivity contribution in [3.8, 4) is 18.1 Å². The first-order chi connectivity index (χ1) is 9.92. The average Bonchev–Trinajstić information content (AvgIpc) is 2.45. The zero-order chi connectivity index (χ0) is 16.0. The van der Waals surface area contributed by atoms with Crippen LogP contribution in [0.3, 0.4) is 0 Å². The van der Waals surface area contributed by atoms with E-state index >= 15 is 0 Å². The van der Waals surface area contributed by atoms with Crippen molar-refractivity contribution in [2.45, 2.75) is 24.8 Å². The third-order valence-electron chi connectivity index (χ3n) is 2.83. The average molecular weight is 332 g/mol. The molecule has 0 aliphatic carbocycles. The van der Waals surface area contributed by atoms with Gasteiger partial charge in [-0.05, 0) is 18.6 Å². The van der Waals surface area contributed by atoms with Gasteiger partial charge in [0.15, 0.2) is 0 Å². The van der Waals surface area contributed by atoms with Crippen LogP contribution in [-0.2, 0) is 16.6 Å². The van der Waals surface area contributed by atoms with Crippen molar-refractivity contribution < 1.29 is 18.3 Å². The van der Waals surface area contributed by atoms with Crippen LogP contribution in [0.15, 0.2) is 17.0 Å². The van der Waals surface area contributed by atoms with E-state index in [-0.39, 0.29) is 35.4 Å². The molecule has 0 saturated heterocycles. The minimum absolute atomic E-state index is 0.0414. The summed E-state index contributed by atoms with van der Waals surface area (Å²) in [6.07, 6.45) is 5.86. The molecule has 0 aliphatic rings. The van der Waals surface area contributed by atoms with E-state index in [0.717, 1.165) is 0 Å². The third-order valence-corrected chi connectivity index (χ3v) is 4.90. The molecule has 0 atom stereocenters. The number of hydrogen-bond donors (Lipinski definition) is 1. The van der Waals surface area contributed by atoms with E-state index in [0.29, 0.717) is 12.0 Å². The molecule has 0 unspecified atom stereocenters. The van der Waals surface area contributed by atoms with Crippen LogP contribution in [0, 0.1) is 12.3 Å². The molecule has 1 N–H and O–H groups in total. The summed E-state index contributed by atoms with van der Waals surface area (Å²) in [5.74, 6) is 2.42. The highest BCUT2D eigenvalue weighted by Gasteiger charge is 2.28. The second kappa shape index (κ2) is 7.66. The molecular formula is C14H18ClNO4S. The summed E-state index contributed by atoms with van der Waals surface area (Å²) >= 11 is 5.93. The molecule has 0 heterocycles. The molecule has 21 heavy (non-hydrogen) atoms. The van der Waals surface area contributed by atoms with E-state index in [1.807, 2.05) is 6.92 Å². The van der Waals surface area contributed by atoms with Crippen molar-refractivity contribution in [1.29, 1.82) is 0 Å². The molecule has 0 amide bonds. The highest BCUT2D eigenvalue weighted by atomic mass is 35.5. The van der Waals surface area contributed by atoms with Gasteiger partial charge in [-0.25, -0.2) is 8.42 Å². The number of aliphatic hydroxyl groups is 1. The SMILES string of the molecule is C#CCN(CCC)S(=O)(=O)c1cc(Cl)cc(CO)c1OC. The maximum absolute atomic E-state index is 12.7. The van der Waals surface area contributed by atoms with Crippen LogP contribution >= 0.6 is 11.6 Å². The molecule has 0 aliphatic heterocycles. The number of rotatable bonds is 7. The normalized spacial score (nSPS) is 11.4. The molecule has 1 aromatic carbocycles. The lowest BCUT2D eigenvalue weighted by Gasteiger charge is -2.21. The second-order valence-corrected chi connectivity index (χ2v) is 6.64. The molecule has 1 rings (SSSR count). The summed E-state index contributed by atoms with van der Waals surface area (Å²) in [5.41, 5.74) is 0.306. The maximum Gasteiger partial charge on any atom is 0.247 e. The Balaban J connectivity index is 3.49. The Bertz CT molecular complexity index is 637. The fraction of sp³-hybridized carbons (Fsp3) is 0.429. The number of aliphatic hydroxyl groups excluding tert-OH is 1. The van der Waals surface area contributed by atoms with Crippen molar-refractivity contribution in [2.24, 2.45) is 0 Å². The standard InChI is InChI=1S/C14H18ClNO4S/c1-4-6-16(7-5-2)21(18,19)13-9-12(15)8-11(10-17)14(13)20-3/h1,8-9,17H,5-7,10H2,2-3H3. The lowest BCUT2D eigenvalue weighted by molar-refractivity contribution is 0.272. The van der Waals surface area contributed by atoms with Gasteiger partial charge in [-0.2, -0.15) is 4.31 Å². The number of methoxy groups -OCH3 is 1. The molecule has 7 heteroatoms. The Labute approximate surface area is 130 Å². The van der Waals surface area contributed by atoms with Crippen molar-refractivity contribution in [2.75, 3.05) is 20.2 Å². The topological polar surface area (TPSA) is 66.8 Å². The van der Waals surface area contributed by atoms with E-state index in [1.54, 1.807) is 0 Å². The molecule has 116 valence electrons. The number of ether oxygens (including phenoxy) is 1. The molecule has 0 spiro atoms. The second-order valence-electron chi connectivity index (χ2n) is 4.30. The summed E-state index contributed by atoms with van der Waals surface area (Å²) < 4.78 is 31.8. The quantitative estimate of drug-likeness (QED) is 0.775. The van der Waals surface area contributed by atoms with E-state index in [2.05, 4.69) is 5.92 Å². The molecule has 1 aromatic rings. The van der Waals surface area contributed by atoms with Gasteiger partial charge in [0.25, 0.3) is 0 Å². The molecule has 0 fully saturated rings. The fourth-order valence-corrected chi connectivity index (χ4v) is 3.91. The van der Waals surface area contributed by atoms with E-state index in [9.17, 15) is 13.5 Å². The zero-order valence-electron chi connectivity index (χ0n) is 12.0. The molecular weight excluding hydrogens is 314 g/mol. The number of sulfonamides is 1. The molecule has 0 radical (unpaired) electrons. The first-order valence-electron chi connectivity index (χ1n) is 6.33. The monoisotopic (exact) mass is 331 g/mol. The van der Waals surface area contributed by atoms with Gasteiger partial charge in [0.05, 0.1) is 20.3 Å². The number of hydrogen-bond acceptors (Lipinski definition) is 4. The van der Waals surface area contributed by atoms with Crippen molar-refractivity contribution in [3.63, 3.8) is 0 Å². The minimum Gasteiger partial charge on any atom is -0.495 e. The Hall–Kier alpha value is -1.26. The van der Waals surface area contributed by atoms with Gasteiger partial charge in [-0.15, -0.1) is 6.42 Å². The Morgan fingerprint density at radius 2 is 2.14 bits per heavy atom. The summed E-state index contributed by atoms with van der Waals surface area (Å²) in [5, 5.41) is 9.53. The smallest absolute Gasteiger partial charge is 0.247 e. The Morgan fingerprint density at radius 1 is 1.48 bits per heavy atom. The van der Waals surface area contributed by atoms with E-state index in [4.69, 9.17) is 22.8 Å². The van der Waals surface area contributed by atoms with E-state index in [1.165, 1.54) is 23.5 Å². The zero-order valence-corrected chi connectivity index (χ0v) is 13.5. The van der Waals surface area contributed by atoms with Crippen LogP contribution in [0.2, 0.25) is 5.02 Å². The lowest BCUT2D eigenvalue weighted by atomic mass is 10.2. The van der Waals surface area contributed by atoms with Gasteiger partial charge < -0.3 is 9.84 Å². The van der Waals surface area contributed by atoms with Crippen LogP contribution in [0.1, 0.15) is 18.9 Å². The highest BCUT2D eigenvalue weighted by Crippen LogP contribution is 2.33. The van der Waals surface area contributed by atoms with Gasteiger partial charge in [0, 0.05) is 17.1 Å². The van der Waals surface area contributed by atoms with Crippen LogP contribution in [0.5, 0.6) is 5.75 Å². The minimum atomic E-state index is -3.85. The fourth-order valence-electron chi connectivity index (χ4n) is 1.94. The summed E-state index contributed by atoms with van der Waals surface area (Å²) in [4.78, 5) is -0.0924. The van der Waals surface area contributed by atoms with Crippen LogP contribution < -0.4 is 4.74 Å². The van der Waals surface area contributed by atoms with Gasteiger partial charge in [0.1, 0.15) is 10.6 Å². The lowest BCUT2D eigenvalue weighted by Crippen LogP contribution is -2.32. The number of halogens is 1. The summed E-state index contributed by atoms with van der Waals surface area (Å²) in [6.45, 7) is 1.72. The number of terminal acetylenes is 1. The van der Waals surface area contributed by atoms with E-state index < -0.39 is 10.0 Å². The van der Waals surface area contributed by atoms with Crippen LogP contribution in [-0.4, -0.2) is 38.0 Å². The third kappa shape index (κ3) is 3.89. The first-order valence-corrected chi connectivity index (χ1v) is 8.15. The molecule has 5 nitrogen and oxygen atoms in total. The van der Waals surface area contributed by atoms with Crippen LogP contribution in [0.4, 0.5) is 0 Å². The molecule has 0 bridgehead atoms. The molecule has 0 aromatic heterocycles. The Morgan fingerprint density at radius 3 is 2.62 bits per heavy atom. The summed E-state index contributed by atoms with van der Waals surface area (Å²) in [6, 6.07) is 2.76. The predicted octanol–water partition coefficient (Wildman–Crippen LogP) is 1.87. The predicted molar refractivity (Wildman–Crippen MR) is 81.8 cm³/mol. The van der Waals surface area contributed by atoms with Crippen LogP contribution in [0.25, 0.3) is 0 Å². The largest absolute Gasteiger partial charge is 0.495 e. The first kappa shape index (κ1) is 17.8. The van der Waals surface area contributed by atoms with Gasteiger partial charge in [-0.3, -0.25) is 0 Å². The van der Waals surface area contributed by atoms with Gasteiger partial charge in [-0.1, -0.05) is 24.4 Å². The Kier molecular flexibility index (Phi) is 6.49. The summed E-state index contributed by atoms with van der Waals surface area (Å²) in [7, 11) is -2.51. The van der Waals surface area contributed by atoms with Crippen molar-refractivity contribution in [1.82, 2.24) is 4.31 Å². The van der Waals surface area contributed by atoms with Gasteiger partial charge in [0.2, 0.25) is 10.0 Å².